The molecule has 0 aliphatic carbocycles. The van der Waals surface area contributed by atoms with Gasteiger partial charge >= 0.3 is 6.03 Å². The molecule has 1 aliphatic rings. The fourth-order valence-electron chi connectivity index (χ4n) is 2.58. The fourth-order valence-corrected chi connectivity index (χ4v) is 2.79. The molecule has 2 N–H and O–H groups in total. The lowest BCUT2D eigenvalue weighted by Crippen LogP contribution is -2.58. The van der Waals surface area contributed by atoms with Gasteiger partial charge in [-0.2, -0.15) is 0 Å². The van der Waals surface area contributed by atoms with Crippen molar-refractivity contribution in [3.05, 3.63) is 29.0 Å². The second kappa shape index (κ2) is 7.47. The lowest BCUT2D eigenvalue weighted by molar-refractivity contribution is 0.0636. The van der Waals surface area contributed by atoms with Crippen molar-refractivity contribution in [1.29, 1.82) is 0 Å². The molecule has 1 heterocycles. The van der Waals surface area contributed by atoms with E-state index in [1.54, 1.807) is 0 Å². The Morgan fingerprint density at radius 1 is 1.30 bits per heavy atom. The van der Waals surface area contributed by atoms with Crippen molar-refractivity contribution in [1.82, 2.24) is 15.1 Å². The molecule has 2 rings (SSSR count). The third-order valence-electron chi connectivity index (χ3n) is 4.22. The van der Waals surface area contributed by atoms with Gasteiger partial charge in [0.2, 0.25) is 0 Å². The molecule has 0 bridgehead atoms. The van der Waals surface area contributed by atoms with Gasteiger partial charge in [0.25, 0.3) is 0 Å². The molecule has 0 radical (unpaired) electrons. The van der Waals surface area contributed by atoms with Gasteiger partial charge in [-0.05, 0) is 39.1 Å². The highest BCUT2D eigenvalue weighted by Gasteiger charge is 2.29. The first-order chi connectivity index (χ1) is 10.8. The highest BCUT2D eigenvalue weighted by Crippen LogP contribution is 2.22. The molecule has 0 saturated carbocycles. The maximum absolute atomic E-state index is 13.0. The minimum atomic E-state index is -0.433. The monoisotopic (exact) mass is 342 g/mol. The minimum Gasteiger partial charge on any atom is -0.336 e. The fraction of sp³-hybridized carbons (Fsp3) is 0.562. The number of urea groups is 1. The Morgan fingerprint density at radius 2 is 1.96 bits per heavy atom. The van der Waals surface area contributed by atoms with Crippen molar-refractivity contribution < 1.29 is 9.18 Å². The standard InChI is InChI=1S/C16H24ClFN4O/c1-16(2,22-8-6-21(3)7-9-22)11-19-15(23)20-14-5-4-12(18)10-13(14)17/h4-5,10H,6-9,11H2,1-3H3,(H2,19,20,23). The summed E-state index contributed by atoms with van der Waals surface area (Å²) in [5.41, 5.74) is 0.258. The molecule has 2 amide bonds. The van der Waals surface area contributed by atoms with Crippen LogP contribution < -0.4 is 10.6 Å². The zero-order chi connectivity index (χ0) is 17.0. The van der Waals surface area contributed by atoms with Crippen LogP contribution in [-0.4, -0.2) is 61.1 Å². The van der Waals surface area contributed by atoms with Crippen molar-refractivity contribution in [3.63, 3.8) is 0 Å². The number of likely N-dealkylation sites (N-methyl/N-ethyl adjacent to an activating group) is 1. The van der Waals surface area contributed by atoms with Gasteiger partial charge in [-0.1, -0.05) is 11.6 Å². The number of amides is 2. The van der Waals surface area contributed by atoms with Gasteiger partial charge < -0.3 is 15.5 Å². The van der Waals surface area contributed by atoms with Crippen molar-refractivity contribution in [3.8, 4) is 0 Å². The number of rotatable bonds is 4. The number of halogens is 2. The van der Waals surface area contributed by atoms with Gasteiger partial charge in [0, 0.05) is 38.3 Å². The SMILES string of the molecule is CN1CCN(C(C)(C)CNC(=O)Nc2ccc(F)cc2Cl)CC1. The second-order valence-electron chi connectivity index (χ2n) is 6.53. The summed E-state index contributed by atoms with van der Waals surface area (Å²) in [5.74, 6) is -0.433. The molecule has 0 spiro atoms. The van der Waals surface area contributed by atoms with Crippen LogP contribution in [0.1, 0.15) is 13.8 Å². The Hall–Kier alpha value is -1.37. The molecule has 128 valence electrons. The normalized spacial score (nSPS) is 17.1. The van der Waals surface area contributed by atoms with Crippen LogP contribution in [0.3, 0.4) is 0 Å². The summed E-state index contributed by atoms with van der Waals surface area (Å²) in [7, 11) is 2.11. The lowest BCUT2D eigenvalue weighted by Gasteiger charge is -2.43. The molecule has 7 heteroatoms. The first kappa shape index (κ1) is 18.0. The number of nitrogens with one attached hydrogen (secondary N) is 2. The Kier molecular flexibility index (Phi) is 5.84. The topological polar surface area (TPSA) is 47.6 Å². The molecule has 0 atom stereocenters. The van der Waals surface area contributed by atoms with Crippen LogP contribution in [0.5, 0.6) is 0 Å². The third-order valence-corrected chi connectivity index (χ3v) is 4.53. The maximum atomic E-state index is 13.0. The number of piperazine rings is 1. The van der Waals surface area contributed by atoms with E-state index in [1.165, 1.54) is 18.2 Å². The number of nitrogens with zero attached hydrogens (tertiary/aromatic N) is 2. The molecule has 23 heavy (non-hydrogen) atoms. The molecule has 5 nitrogen and oxygen atoms in total. The average molecular weight is 343 g/mol. The van der Waals surface area contributed by atoms with Crippen molar-refractivity contribution >= 4 is 23.3 Å². The first-order valence-corrected chi connectivity index (χ1v) is 8.09. The molecule has 1 saturated heterocycles. The van der Waals surface area contributed by atoms with Gasteiger partial charge in [-0.15, -0.1) is 0 Å². The van der Waals surface area contributed by atoms with Crippen LogP contribution >= 0.6 is 11.6 Å². The third kappa shape index (κ3) is 5.06. The van der Waals surface area contributed by atoms with E-state index in [1.807, 2.05) is 0 Å². The van der Waals surface area contributed by atoms with Crippen LogP contribution in [0.25, 0.3) is 0 Å². The molecule has 1 fully saturated rings. The Morgan fingerprint density at radius 3 is 2.57 bits per heavy atom. The summed E-state index contributed by atoms with van der Waals surface area (Å²) >= 11 is 5.90. The largest absolute Gasteiger partial charge is 0.336 e. The molecular formula is C16H24ClFN4O. The Bertz CT molecular complexity index is 559. The van der Waals surface area contributed by atoms with Crippen LogP contribution in [0, 0.1) is 5.82 Å². The molecule has 0 aromatic heterocycles. The van der Waals surface area contributed by atoms with Gasteiger partial charge in [-0.3, -0.25) is 4.90 Å². The summed E-state index contributed by atoms with van der Waals surface area (Å²) in [6, 6.07) is 3.53. The quantitative estimate of drug-likeness (QED) is 0.884. The molecule has 0 unspecified atom stereocenters. The summed E-state index contributed by atoms with van der Waals surface area (Å²) in [4.78, 5) is 16.7. The predicted molar refractivity (Wildman–Crippen MR) is 91.6 cm³/mol. The molecule has 1 aliphatic heterocycles. The lowest BCUT2D eigenvalue weighted by atomic mass is 10.0. The van der Waals surface area contributed by atoms with Gasteiger partial charge in [0.15, 0.2) is 0 Å². The summed E-state index contributed by atoms with van der Waals surface area (Å²) in [5, 5.41) is 5.69. The van der Waals surface area contributed by atoms with Crippen LogP contribution in [0.4, 0.5) is 14.9 Å². The van der Waals surface area contributed by atoms with Crippen LogP contribution in [0.2, 0.25) is 5.02 Å². The van der Waals surface area contributed by atoms with Gasteiger partial charge in [0.1, 0.15) is 5.82 Å². The molecule has 1 aromatic rings. The van der Waals surface area contributed by atoms with E-state index in [9.17, 15) is 9.18 Å². The summed E-state index contributed by atoms with van der Waals surface area (Å²) < 4.78 is 13.0. The van der Waals surface area contributed by atoms with Gasteiger partial charge in [-0.25, -0.2) is 9.18 Å². The average Bonchev–Trinajstić information content (AvgIpc) is 2.49. The molecular weight excluding hydrogens is 319 g/mol. The van der Waals surface area contributed by atoms with Crippen molar-refractivity contribution in [2.45, 2.75) is 19.4 Å². The number of carbonyl (C=O) groups excluding carboxylic acids is 1. The van der Waals surface area contributed by atoms with Crippen molar-refractivity contribution in [2.75, 3.05) is 45.1 Å². The van der Waals surface area contributed by atoms with Gasteiger partial charge in [0.05, 0.1) is 10.7 Å². The summed E-state index contributed by atoms with van der Waals surface area (Å²) in [6.45, 7) is 8.77. The molecule has 1 aromatic carbocycles. The Balaban J connectivity index is 1.85. The highest BCUT2D eigenvalue weighted by atomic mass is 35.5. The highest BCUT2D eigenvalue weighted by molar-refractivity contribution is 6.33. The number of carbonyl (C=O) groups is 1. The van der Waals surface area contributed by atoms with Crippen LogP contribution in [-0.2, 0) is 0 Å². The van der Waals surface area contributed by atoms with E-state index in [4.69, 9.17) is 11.6 Å². The zero-order valence-corrected chi connectivity index (χ0v) is 14.6. The van der Waals surface area contributed by atoms with E-state index in [-0.39, 0.29) is 16.6 Å². The second-order valence-corrected chi connectivity index (χ2v) is 6.94. The van der Waals surface area contributed by atoms with E-state index in [0.29, 0.717) is 12.2 Å². The summed E-state index contributed by atoms with van der Waals surface area (Å²) in [6.07, 6.45) is 0. The number of hydrogen-bond donors (Lipinski definition) is 2. The number of benzene rings is 1. The zero-order valence-electron chi connectivity index (χ0n) is 13.8. The first-order valence-electron chi connectivity index (χ1n) is 7.71. The minimum absolute atomic E-state index is 0.134. The van der Waals surface area contributed by atoms with Crippen molar-refractivity contribution in [2.24, 2.45) is 0 Å². The van der Waals surface area contributed by atoms with E-state index >= 15 is 0 Å². The maximum Gasteiger partial charge on any atom is 0.319 e. The van der Waals surface area contributed by atoms with E-state index < -0.39 is 5.82 Å². The van der Waals surface area contributed by atoms with E-state index in [0.717, 1.165) is 26.2 Å². The smallest absolute Gasteiger partial charge is 0.319 e. The van der Waals surface area contributed by atoms with Crippen LogP contribution in [0.15, 0.2) is 18.2 Å². The number of anilines is 1. The predicted octanol–water partition coefficient (Wildman–Crippen LogP) is 2.63. The van der Waals surface area contributed by atoms with E-state index in [2.05, 4.69) is 41.3 Å². The number of hydrogen-bond acceptors (Lipinski definition) is 3. The Labute approximate surface area is 141 Å².